The topological polar surface area (TPSA) is 85.3 Å². The number of imidazole rings is 1. The summed E-state index contributed by atoms with van der Waals surface area (Å²) in [5, 5.41) is 5.21. The van der Waals surface area contributed by atoms with Crippen molar-refractivity contribution in [1.82, 2.24) is 20.0 Å². The smallest absolute Gasteiger partial charge is 0.285 e. The number of hydrazine groups is 1. The lowest BCUT2D eigenvalue weighted by atomic mass is 10.5. The Morgan fingerprint density at radius 3 is 3.14 bits per heavy atom. The third-order valence-electron chi connectivity index (χ3n) is 1.75. The van der Waals surface area contributed by atoms with Crippen LogP contribution < -0.4 is 11.3 Å². The largest absolute Gasteiger partial charge is 0.289 e. The molecular formula is C7H9N5OS. The van der Waals surface area contributed by atoms with E-state index in [-0.39, 0.29) is 5.69 Å². The first-order chi connectivity index (χ1) is 6.74. The minimum Gasteiger partial charge on any atom is -0.289 e. The van der Waals surface area contributed by atoms with Gasteiger partial charge in [-0.05, 0) is 6.42 Å². The van der Waals surface area contributed by atoms with Crippen molar-refractivity contribution in [3.8, 4) is 0 Å². The number of nitrogens with one attached hydrogen (secondary N) is 1. The van der Waals surface area contributed by atoms with Crippen molar-refractivity contribution >= 4 is 22.2 Å². The number of aromatic nitrogens is 3. The van der Waals surface area contributed by atoms with Crippen LogP contribution in [-0.2, 0) is 6.42 Å². The second-order valence-corrected chi connectivity index (χ2v) is 3.72. The maximum Gasteiger partial charge on any atom is 0.285 e. The lowest BCUT2D eigenvalue weighted by Crippen LogP contribution is -2.30. The molecule has 0 aliphatic rings. The number of nitrogens with zero attached hydrogens (tertiary/aromatic N) is 3. The molecule has 0 radical (unpaired) electrons. The average molecular weight is 211 g/mol. The Bertz CT molecular complexity index is 442. The minimum atomic E-state index is -0.402. The molecule has 3 N–H and O–H groups in total. The van der Waals surface area contributed by atoms with Gasteiger partial charge in [0.1, 0.15) is 5.01 Å². The molecule has 0 aromatic carbocycles. The summed E-state index contributed by atoms with van der Waals surface area (Å²) in [6.07, 6.45) is 2.43. The number of hydrogen-bond acceptors (Lipinski definition) is 5. The van der Waals surface area contributed by atoms with Gasteiger partial charge in [0, 0.05) is 0 Å². The monoisotopic (exact) mass is 211 g/mol. The van der Waals surface area contributed by atoms with Crippen LogP contribution in [0.1, 0.15) is 22.4 Å². The van der Waals surface area contributed by atoms with E-state index in [1.165, 1.54) is 11.3 Å². The molecule has 1 amide bonds. The molecule has 0 bridgehead atoms. The number of aryl methyl sites for hydroxylation is 1. The summed E-state index contributed by atoms with van der Waals surface area (Å²) >= 11 is 1.47. The van der Waals surface area contributed by atoms with Gasteiger partial charge in [-0.2, -0.15) is 5.10 Å². The van der Waals surface area contributed by atoms with Crippen LogP contribution in [0, 0.1) is 0 Å². The lowest BCUT2D eigenvalue weighted by molar-refractivity contribution is 0.0949. The first-order valence-corrected chi connectivity index (χ1v) is 4.92. The highest BCUT2D eigenvalue weighted by atomic mass is 32.1. The highest BCUT2D eigenvalue weighted by molar-refractivity contribution is 7.16. The van der Waals surface area contributed by atoms with Gasteiger partial charge in [0.15, 0.2) is 5.69 Å². The van der Waals surface area contributed by atoms with Gasteiger partial charge < -0.3 is 0 Å². The van der Waals surface area contributed by atoms with E-state index in [2.05, 4.69) is 10.1 Å². The molecule has 6 nitrogen and oxygen atoms in total. The predicted octanol–water partition coefficient (Wildman–Crippen LogP) is -0.0433. The molecule has 2 heterocycles. The zero-order valence-corrected chi connectivity index (χ0v) is 8.34. The fourth-order valence-electron chi connectivity index (χ4n) is 1.07. The molecule has 2 aromatic heterocycles. The minimum absolute atomic E-state index is 0.286. The Hall–Kier alpha value is -1.47. The fourth-order valence-corrected chi connectivity index (χ4v) is 1.88. The molecule has 0 fully saturated rings. The number of amides is 1. The van der Waals surface area contributed by atoms with Crippen LogP contribution in [0.4, 0.5) is 0 Å². The number of rotatable bonds is 2. The van der Waals surface area contributed by atoms with Crippen LogP contribution in [0.3, 0.4) is 0 Å². The summed E-state index contributed by atoms with van der Waals surface area (Å²) in [5.74, 6) is 4.58. The Morgan fingerprint density at radius 1 is 1.79 bits per heavy atom. The van der Waals surface area contributed by atoms with Crippen molar-refractivity contribution in [2.24, 2.45) is 5.84 Å². The third-order valence-corrected chi connectivity index (χ3v) is 2.82. The molecule has 2 aromatic rings. The number of carbonyl (C=O) groups excluding carboxylic acids is 1. The fraction of sp³-hybridized carbons (Fsp3) is 0.286. The van der Waals surface area contributed by atoms with Crippen molar-refractivity contribution in [2.45, 2.75) is 13.3 Å². The first-order valence-electron chi connectivity index (χ1n) is 4.10. The summed E-state index contributed by atoms with van der Waals surface area (Å²) in [7, 11) is 0. The Kier molecular flexibility index (Phi) is 2.18. The molecule has 0 spiro atoms. The molecular weight excluding hydrogens is 202 g/mol. The summed E-state index contributed by atoms with van der Waals surface area (Å²) in [5.41, 5.74) is 2.31. The molecule has 0 aliphatic carbocycles. The van der Waals surface area contributed by atoms with E-state index in [1.54, 1.807) is 10.7 Å². The highest BCUT2D eigenvalue weighted by Crippen LogP contribution is 2.14. The molecule has 14 heavy (non-hydrogen) atoms. The van der Waals surface area contributed by atoms with E-state index < -0.39 is 5.91 Å². The Balaban J connectivity index is 2.44. The van der Waals surface area contributed by atoms with Crippen molar-refractivity contribution in [3.63, 3.8) is 0 Å². The molecule has 74 valence electrons. The quantitative estimate of drug-likeness (QED) is 0.414. The second-order valence-electron chi connectivity index (χ2n) is 2.68. The van der Waals surface area contributed by atoms with Crippen molar-refractivity contribution in [2.75, 3.05) is 0 Å². The van der Waals surface area contributed by atoms with Crippen molar-refractivity contribution < 1.29 is 4.79 Å². The van der Waals surface area contributed by atoms with E-state index in [1.807, 2.05) is 12.3 Å². The normalized spacial score (nSPS) is 10.7. The third kappa shape index (κ3) is 1.36. The molecule has 0 saturated carbocycles. The number of nitrogens with two attached hydrogens (primary N) is 1. The van der Waals surface area contributed by atoms with Crippen LogP contribution in [0.15, 0.2) is 6.20 Å². The molecule has 0 unspecified atom stereocenters. The number of hydrogen-bond donors (Lipinski definition) is 2. The molecule has 0 atom stereocenters. The highest BCUT2D eigenvalue weighted by Gasteiger charge is 2.11. The van der Waals surface area contributed by atoms with E-state index in [9.17, 15) is 4.79 Å². The van der Waals surface area contributed by atoms with E-state index in [0.717, 1.165) is 11.4 Å². The number of fused-ring (bicyclic) bond motifs is 1. The first kappa shape index (κ1) is 9.10. The van der Waals surface area contributed by atoms with Gasteiger partial charge in [-0.15, -0.1) is 0 Å². The van der Waals surface area contributed by atoms with Crippen LogP contribution >= 0.6 is 11.3 Å². The van der Waals surface area contributed by atoms with Crippen LogP contribution in [-0.4, -0.2) is 20.5 Å². The zero-order chi connectivity index (χ0) is 10.1. The average Bonchev–Trinajstić information content (AvgIpc) is 2.72. The maximum atomic E-state index is 11.1. The maximum absolute atomic E-state index is 11.1. The predicted molar refractivity (Wildman–Crippen MR) is 51.9 cm³/mol. The SMILES string of the molecule is CCc1nn2cc(C(=O)NN)nc2s1. The standard InChI is InChI=1S/C7H9N5OS/c1-2-5-11-12-3-4(6(13)10-8)9-7(12)14-5/h3H,2,8H2,1H3,(H,10,13). The second kappa shape index (κ2) is 3.35. The van der Waals surface area contributed by atoms with Gasteiger partial charge in [0.05, 0.1) is 6.20 Å². The Labute approximate surface area is 83.7 Å². The van der Waals surface area contributed by atoms with E-state index >= 15 is 0 Å². The van der Waals surface area contributed by atoms with E-state index in [0.29, 0.717) is 4.96 Å². The van der Waals surface area contributed by atoms with Gasteiger partial charge in [0.25, 0.3) is 5.91 Å². The van der Waals surface area contributed by atoms with Crippen LogP contribution in [0.2, 0.25) is 0 Å². The van der Waals surface area contributed by atoms with Crippen molar-refractivity contribution in [1.29, 1.82) is 0 Å². The molecule has 0 saturated heterocycles. The van der Waals surface area contributed by atoms with Gasteiger partial charge in [-0.1, -0.05) is 18.3 Å². The summed E-state index contributed by atoms with van der Waals surface area (Å²) in [4.78, 5) is 15.9. The zero-order valence-electron chi connectivity index (χ0n) is 7.52. The number of nitrogen functional groups attached to an aromatic ring is 1. The Morgan fingerprint density at radius 2 is 2.57 bits per heavy atom. The van der Waals surface area contributed by atoms with Gasteiger partial charge in [-0.3, -0.25) is 10.2 Å². The van der Waals surface area contributed by atoms with Crippen LogP contribution in [0.5, 0.6) is 0 Å². The van der Waals surface area contributed by atoms with Gasteiger partial charge >= 0.3 is 0 Å². The molecule has 7 heteroatoms. The summed E-state index contributed by atoms with van der Waals surface area (Å²) < 4.78 is 1.59. The summed E-state index contributed by atoms with van der Waals surface area (Å²) in [6, 6.07) is 0. The van der Waals surface area contributed by atoms with E-state index in [4.69, 9.17) is 5.84 Å². The molecule has 0 aliphatic heterocycles. The van der Waals surface area contributed by atoms with Crippen molar-refractivity contribution in [3.05, 3.63) is 16.9 Å². The van der Waals surface area contributed by atoms with Gasteiger partial charge in [0.2, 0.25) is 4.96 Å². The molecule has 2 rings (SSSR count). The lowest BCUT2D eigenvalue weighted by Gasteiger charge is -1.90. The summed E-state index contributed by atoms with van der Waals surface area (Å²) in [6.45, 7) is 2.02. The van der Waals surface area contributed by atoms with Gasteiger partial charge in [-0.25, -0.2) is 15.3 Å². The number of carbonyl (C=O) groups is 1. The van der Waals surface area contributed by atoms with Crippen LogP contribution in [0.25, 0.3) is 4.96 Å².